The number of halogens is 1. The predicted molar refractivity (Wildman–Crippen MR) is 76.9 cm³/mol. The van der Waals surface area contributed by atoms with Crippen LogP contribution in [0.1, 0.15) is 0 Å². The number of hydrogen-bond donors (Lipinski definition) is 0. The number of rotatable bonds is 2. The van der Waals surface area contributed by atoms with Gasteiger partial charge in [-0.15, -0.1) is 0 Å². The standard InChI is InChI=1S/C15H12ClN3/c1-19-10-13(14-7-2-3-8-17-14)15(18-19)11-5-4-6-12(16)9-11/h2-10H,1H3. The van der Waals surface area contributed by atoms with Gasteiger partial charge in [-0.1, -0.05) is 29.8 Å². The van der Waals surface area contributed by atoms with E-state index in [9.17, 15) is 0 Å². The second-order valence-electron chi connectivity index (χ2n) is 4.29. The summed E-state index contributed by atoms with van der Waals surface area (Å²) in [5.74, 6) is 0. The predicted octanol–water partition coefficient (Wildman–Crippen LogP) is 3.80. The molecule has 19 heavy (non-hydrogen) atoms. The average Bonchev–Trinajstić information content (AvgIpc) is 2.82. The molecule has 1 aromatic carbocycles. The second kappa shape index (κ2) is 4.86. The minimum Gasteiger partial charge on any atom is -0.274 e. The lowest BCUT2D eigenvalue weighted by molar-refractivity contribution is 0.771. The van der Waals surface area contributed by atoms with E-state index in [4.69, 9.17) is 11.6 Å². The summed E-state index contributed by atoms with van der Waals surface area (Å²) in [7, 11) is 1.90. The van der Waals surface area contributed by atoms with Crippen LogP contribution in [0.25, 0.3) is 22.5 Å². The van der Waals surface area contributed by atoms with Crippen molar-refractivity contribution in [2.24, 2.45) is 7.05 Å². The molecule has 3 rings (SSSR count). The van der Waals surface area contributed by atoms with Gasteiger partial charge >= 0.3 is 0 Å². The van der Waals surface area contributed by atoms with Crippen LogP contribution in [-0.2, 0) is 7.05 Å². The highest BCUT2D eigenvalue weighted by Gasteiger charge is 2.12. The van der Waals surface area contributed by atoms with Crippen LogP contribution in [0.2, 0.25) is 5.02 Å². The van der Waals surface area contributed by atoms with Gasteiger partial charge in [0.05, 0.1) is 5.69 Å². The van der Waals surface area contributed by atoms with Gasteiger partial charge in [0.25, 0.3) is 0 Å². The topological polar surface area (TPSA) is 30.7 Å². The number of pyridine rings is 1. The summed E-state index contributed by atoms with van der Waals surface area (Å²) in [6, 6.07) is 13.5. The number of nitrogens with zero attached hydrogens (tertiary/aromatic N) is 3. The maximum atomic E-state index is 6.05. The van der Waals surface area contributed by atoms with E-state index in [0.717, 1.165) is 22.5 Å². The van der Waals surface area contributed by atoms with Gasteiger partial charge in [0.1, 0.15) is 5.69 Å². The van der Waals surface area contributed by atoms with Crippen LogP contribution in [-0.4, -0.2) is 14.8 Å². The SMILES string of the molecule is Cn1cc(-c2ccccn2)c(-c2cccc(Cl)c2)n1. The molecule has 0 saturated carbocycles. The maximum absolute atomic E-state index is 6.05. The fourth-order valence-electron chi connectivity index (χ4n) is 2.05. The molecule has 2 aromatic heterocycles. The average molecular weight is 270 g/mol. The largest absolute Gasteiger partial charge is 0.274 e. The van der Waals surface area contributed by atoms with Crippen LogP contribution in [0.3, 0.4) is 0 Å². The zero-order valence-electron chi connectivity index (χ0n) is 10.4. The Bertz CT molecular complexity index is 704. The molecule has 0 saturated heterocycles. The molecule has 0 atom stereocenters. The molecule has 0 radical (unpaired) electrons. The van der Waals surface area contributed by atoms with E-state index in [0.29, 0.717) is 5.02 Å². The Labute approximate surface area is 116 Å². The monoisotopic (exact) mass is 269 g/mol. The molecule has 3 nitrogen and oxygen atoms in total. The summed E-state index contributed by atoms with van der Waals surface area (Å²) in [5.41, 5.74) is 3.80. The summed E-state index contributed by atoms with van der Waals surface area (Å²) in [4.78, 5) is 4.38. The fraction of sp³-hybridized carbons (Fsp3) is 0.0667. The van der Waals surface area contributed by atoms with Gasteiger partial charge in [-0.3, -0.25) is 9.67 Å². The molecule has 0 N–H and O–H groups in total. The van der Waals surface area contributed by atoms with Crippen molar-refractivity contribution in [3.8, 4) is 22.5 Å². The van der Waals surface area contributed by atoms with Crippen LogP contribution < -0.4 is 0 Å². The first-order valence-electron chi connectivity index (χ1n) is 5.95. The molecule has 0 fully saturated rings. The van der Waals surface area contributed by atoms with E-state index in [-0.39, 0.29) is 0 Å². The summed E-state index contributed by atoms with van der Waals surface area (Å²) in [5, 5.41) is 5.22. The normalized spacial score (nSPS) is 10.6. The van der Waals surface area contributed by atoms with Crippen LogP contribution >= 0.6 is 11.6 Å². The van der Waals surface area contributed by atoms with Gasteiger partial charge in [-0.05, 0) is 24.3 Å². The Morgan fingerprint density at radius 1 is 1.11 bits per heavy atom. The first kappa shape index (κ1) is 11.9. The molecule has 3 aromatic rings. The zero-order valence-corrected chi connectivity index (χ0v) is 11.2. The molecule has 0 bridgehead atoms. The van der Waals surface area contributed by atoms with E-state index in [1.807, 2.05) is 55.7 Å². The third-order valence-corrected chi connectivity index (χ3v) is 3.10. The van der Waals surface area contributed by atoms with Crippen molar-refractivity contribution in [1.82, 2.24) is 14.8 Å². The summed E-state index contributed by atoms with van der Waals surface area (Å²) < 4.78 is 1.79. The first-order valence-corrected chi connectivity index (χ1v) is 6.33. The van der Waals surface area contributed by atoms with Crippen LogP contribution in [0.5, 0.6) is 0 Å². The molecular weight excluding hydrogens is 258 g/mol. The molecule has 0 amide bonds. The quantitative estimate of drug-likeness (QED) is 0.708. The smallest absolute Gasteiger partial charge is 0.102 e. The highest BCUT2D eigenvalue weighted by molar-refractivity contribution is 6.30. The summed E-state index contributed by atoms with van der Waals surface area (Å²) >= 11 is 6.05. The lowest BCUT2D eigenvalue weighted by Crippen LogP contribution is -1.87. The first-order chi connectivity index (χ1) is 9.24. The van der Waals surface area contributed by atoms with E-state index in [1.54, 1.807) is 10.9 Å². The molecule has 0 aliphatic rings. The van der Waals surface area contributed by atoms with Crippen LogP contribution in [0.15, 0.2) is 54.9 Å². The third kappa shape index (κ3) is 2.37. The van der Waals surface area contributed by atoms with E-state index in [1.165, 1.54) is 0 Å². The third-order valence-electron chi connectivity index (χ3n) is 2.87. The van der Waals surface area contributed by atoms with Gasteiger partial charge in [0.15, 0.2) is 0 Å². The Morgan fingerprint density at radius 3 is 2.74 bits per heavy atom. The van der Waals surface area contributed by atoms with Gasteiger partial charge in [0.2, 0.25) is 0 Å². The molecular formula is C15H12ClN3. The van der Waals surface area contributed by atoms with Crippen molar-refractivity contribution in [3.63, 3.8) is 0 Å². The Hall–Kier alpha value is -2.13. The van der Waals surface area contributed by atoms with Crippen molar-refractivity contribution >= 4 is 11.6 Å². The van der Waals surface area contributed by atoms with Gasteiger partial charge in [-0.2, -0.15) is 5.10 Å². The van der Waals surface area contributed by atoms with Crippen molar-refractivity contribution in [3.05, 3.63) is 59.9 Å². The fourth-order valence-corrected chi connectivity index (χ4v) is 2.24. The summed E-state index contributed by atoms with van der Waals surface area (Å²) in [6.07, 6.45) is 3.75. The van der Waals surface area contributed by atoms with E-state index in [2.05, 4.69) is 10.1 Å². The van der Waals surface area contributed by atoms with Crippen molar-refractivity contribution in [2.45, 2.75) is 0 Å². The van der Waals surface area contributed by atoms with E-state index >= 15 is 0 Å². The molecule has 4 heteroatoms. The maximum Gasteiger partial charge on any atom is 0.102 e. The number of hydrogen-bond acceptors (Lipinski definition) is 2. The number of aryl methyl sites for hydroxylation is 1. The van der Waals surface area contributed by atoms with Crippen molar-refractivity contribution < 1.29 is 0 Å². The van der Waals surface area contributed by atoms with Crippen molar-refractivity contribution in [2.75, 3.05) is 0 Å². The Morgan fingerprint density at radius 2 is 2.00 bits per heavy atom. The minimum atomic E-state index is 0.704. The molecule has 2 heterocycles. The van der Waals surface area contributed by atoms with E-state index < -0.39 is 0 Å². The minimum absolute atomic E-state index is 0.704. The summed E-state index contributed by atoms with van der Waals surface area (Å²) in [6.45, 7) is 0. The van der Waals surface area contributed by atoms with Gasteiger partial charge < -0.3 is 0 Å². The molecule has 0 aliphatic heterocycles. The lowest BCUT2D eigenvalue weighted by atomic mass is 10.1. The van der Waals surface area contributed by atoms with Crippen LogP contribution in [0.4, 0.5) is 0 Å². The Kier molecular flexibility index (Phi) is 3.05. The van der Waals surface area contributed by atoms with Crippen molar-refractivity contribution in [1.29, 1.82) is 0 Å². The Balaban J connectivity index is 2.18. The number of aromatic nitrogens is 3. The highest BCUT2D eigenvalue weighted by Crippen LogP contribution is 2.30. The van der Waals surface area contributed by atoms with Crippen LogP contribution in [0, 0.1) is 0 Å². The van der Waals surface area contributed by atoms with Gasteiger partial charge in [0, 0.05) is 35.6 Å². The molecule has 0 aliphatic carbocycles. The molecule has 94 valence electrons. The molecule has 0 spiro atoms. The number of benzene rings is 1. The molecule has 0 unspecified atom stereocenters. The highest BCUT2D eigenvalue weighted by atomic mass is 35.5. The second-order valence-corrected chi connectivity index (χ2v) is 4.73. The lowest BCUT2D eigenvalue weighted by Gasteiger charge is -2.02. The van der Waals surface area contributed by atoms with Gasteiger partial charge in [-0.25, -0.2) is 0 Å². The zero-order chi connectivity index (χ0) is 13.2.